The second-order valence-corrected chi connectivity index (χ2v) is 13.3. The SMILES string of the molecule is O=C(N[C@H](C(=O)Nc1ccc(S(=O)(=O)NCC(F)F)c(N2CCC[C@@H]2CO)c1)C1CCCCC1)c1nonc1SCC(F)F. The van der Waals surface area contributed by atoms with Gasteiger partial charge in [-0.15, -0.1) is 0 Å². The summed E-state index contributed by atoms with van der Waals surface area (Å²) in [6.45, 7) is -0.973. The zero-order valence-corrected chi connectivity index (χ0v) is 25.2. The Morgan fingerprint density at radius 3 is 2.50 bits per heavy atom. The molecule has 0 radical (unpaired) electrons. The predicted octanol–water partition coefficient (Wildman–Crippen LogP) is 3.25. The predicted molar refractivity (Wildman–Crippen MR) is 153 cm³/mol. The molecule has 2 atom stereocenters. The Hall–Kier alpha value is -2.96. The lowest BCUT2D eigenvalue weighted by molar-refractivity contribution is -0.119. The average molecular weight is 667 g/mol. The summed E-state index contributed by atoms with van der Waals surface area (Å²) in [7, 11) is -4.38. The second-order valence-electron chi connectivity index (χ2n) is 10.6. The number of halogens is 4. The highest BCUT2D eigenvalue weighted by Gasteiger charge is 2.34. The Morgan fingerprint density at radius 2 is 1.82 bits per heavy atom. The number of aliphatic hydroxyl groups is 1. The Kier molecular flexibility index (Phi) is 11.8. The molecular formula is C26H34F4N6O6S2. The van der Waals surface area contributed by atoms with Crippen LogP contribution in [0.15, 0.2) is 32.7 Å². The van der Waals surface area contributed by atoms with Gasteiger partial charge in [-0.1, -0.05) is 31.0 Å². The van der Waals surface area contributed by atoms with Crippen LogP contribution in [0.3, 0.4) is 0 Å². The normalized spacial score (nSPS) is 18.6. The lowest BCUT2D eigenvalue weighted by Crippen LogP contribution is -2.49. The van der Waals surface area contributed by atoms with Gasteiger partial charge in [-0.25, -0.2) is 35.3 Å². The van der Waals surface area contributed by atoms with Crippen molar-refractivity contribution in [1.29, 1.82) is 0 Å². The molecule has 2 aliphatic rings. The average Bonchev–Trinajstić information content (AvgIpc) is 3.68. The molecule has 0 unspecified atom stereocenters. The van der Waals surface area contributed by atoms with Gasteiger partial charge >= 0.3 is 0 Å². The molecule has 2 heterocycles. The van der Waals surface area contributed by atoms with Crippen molar-refractivity contribution in [3.8, 4) is 0 Å². The maximum atomic E-state index is 13.7. The van der Waals surface area contributed by atoms with Crippen molar-refractivity contribution >= 4 is 45.0 Å². The van der Waals surface area contributed by atoms with Gasteiger partial charge in [-0.05, 0) is 60.1 Å². The summed E-state index contributed by atoms with van der Waals surface area (Å²) in [5.41, 5.74) is -0.0389. The third-order valence-corrected chi connectivity index (χ3v) is 9.98. The number of hydrogen-bond donors (Lipinski definition) is 4. The first-order valence-electron chi connectivity index (χ1n) is 14.1. The standard InChI is InChI=1S/C26H34F4N6O6S2/c27-20(28)12-31-44(40,41)19-9-8-16(11-18(19)36-10-4-7-17(36)13-37)32-24(38)22(15-5-2-1-3-6-15)33-25(39)23-26(35-42-34-23)43-14-21(29)30/h8-9,11,15,17,20-22,31,37H,1-7,10,12-14H2,(H,32,38)(H,33,39)/t17-,22+/m1/s1. The van der Waals surface area contributed by atoms with E-state index in [1.165, 1.54) is 18.2 Å². The molecule has 2 fully saturated rings. The van der Waals surface area contributed by atoms with Crippen molar-refractivity contribution in [3.63, 3.8) is 0 Å². The topological polar surface area (TPSA) is 167 Å². The van der Waals surface area contributed by atoms with E-state index in [-0.39, 0.29) is 39.5 Å². The van der Waals surface area contributed by atoms with E-state index in [9.17, 15) is 40.7 Å². The summed E-state index contributed by atoms with van der Waals surface area (Å²) in [5, 5.41) is 22.2. The molecule has 4 N–H and O–H groups in total. The number of benzene rings is 1. The Balaban J connectivity index is 1.60. The minimum Gasteiger partial charge on any atom is -0.394 e. The molecule has 44 heavy (non-hydrogen) atoms. The summed E-state index contributed by atoms with van der Waals surface area (Å²) in [6.07, 6.45) is -0.482. The smallest absolute Gasteiger partial charge is 0.277 e. The number of thioether (sulfide) groups is 1. The third-order valence-electron chi connectivity index (χ3n) is 7.55. The summed E-state index contributed by atoms with van der Waals surface area (Å²) in [6, 6.07) is 2.40. The minimum absolute atomic E-state index is 0.119. The van der Waals surface area contributed by atoms with E-state index in [1.807, 2.05) is 4.72 Å². The molecule has 0 bridgehead atoms. The Morgan fingerprint density at radius 1 is 1.07 bits per heavy atom. The molecule has 1 saturated carbocycles. The van der Waals surface area contributed by atoms with E-state index in [0.717, 1.165) is 19.3 Å². The fourth-order valence-corrected chi connectivity index (χ4v) is 7.33. The Bertz CT molecular complexity index is 1390. The van der Waals surface area contributed by atoms with Gasteiger partial charge in [0.15, 0.2) is 5.03 Å². The van der Waals surface area contributed by atoms with Gasteiger partial charge in [0.2, 0.25) is 28.0 Å². The van der Waals surface area contributed by atoms with Crippen LogP contribution < -0.4 is 20.3 Å². The fraction of sp³-hybridized carbons (Fsp3) is 0.615. The van der Waals surface area contributed by atoms with Crippen LogP contribution >= 0.6 is 11.8 Å². The van der Waals surface area contributed by atoms with Gasteiger partial charge in [0.25, 0.3) is 12.3 Å². The van der Waals surface area contributed by atoms with Crippen molar-refractivity contribution in [2.24, 2.45) is 5.92 Å². The quantitative estimate of drug-likeness (QED) is 0.174. The molecule has 1 saturated heterocycles. The second kappa shape index (κ2) is 15.4. The lowest BCUT2D eigenvalue weighted by atomic mass is 9.83. The van der Waals surface area contributed by atoms with E-state index in [0.29, 0.717) is 44.0 Å². The van der Waals surface area contributed by atoms with Crippen LogP contribution in [0.4, 0.5) is 28.9 Å². The minimum atomic E-state index is -4.38. The zero-order valence-electron chi connectivity index (χ0n) is 23.6. The maximum Gasteiger partial charge on any atom is 0.277 e. The lowest BCUT2D eigenvalue weighted by Gasteiger charge is -2.30. The molecule has 1 aliphatic heterocycles. The summed E-state index contributed by atoms with van der Waals surface area (Å²) in [4.78, 5) is 28.2. The molecular weight excluding hydrogens is 632 g/mol. The number of aliphatic hydroxyl groups excluding tert-OH is 1. The van der Waals surface area contributed by atoms with Crippen molar-refractivity contribution < 1.29 is 45.3 Å². The van der Waals surface area contributed by atoms with Crippen molar-refractivity contribution in [1.82, 2.24) is 20.4 Å². The molecule has 12 nitrogen and oxygen atoms in total. The first kappa shape index (κ1) is 33.9. The van der Waals surface area contributed by atoms with Gasteiger partial charge < -0.3 is 20.6 Å². The van der Waals surface area contributed by atoms with Gasteiger partial charge in [0.05, 0.1) is 30.6 Å². The van der Waals surface area contributed by atoms with Crippen LogP contribution in [0.1, 0.15) is 55.4 Å². The Labute approximate surface area is 255 Å². The number of sulfonamides is 1. The van der Waals surface area contributed by atoms with Crippen LogP contribution in [-0.2, 0) is 14.8 Å². The molecule has 1 aromatic heterocycles. The number of rotatable bonds is 14. The molecule has 2 amide bonds. The van der Waals surface area contributed by atoms with Crippen molar-refractivity contribution in [2.75, 3.05) is 35.7 Å². The highest BCUT2D eigenvalue weighted by Crippen LogP contribution is 2.35. The molecule has 0 spiro atoms. The van der Waals surface area contributed by atoms with Crippen molar-refractivity contribution in [2.45, 2.75) is 79.8 Å². The number of amides is 2. The van der Waals surface area contributed by atoms with E-state index < -0.39 is 59.1 Å². The first-order chi connectivity index (χ1) is 21.0. The number of aromatic nitrogens is 2. The highest BCUT2D eigenvalue weighted by atomic mass is 32.2. The summed E-state index contributed by atoms with van der Waals surface area (Å²) < 4.78 is 83.5. The fourth-order valence-electron chi connectivity index (χ4n) is 5.49. The van der Waals surface area contributed by atoms with Crippen LogP contribution in [0.25, 0.3) is 0 Å². The van der Waals surface area contributed by atoms with Crippen LogP contribution in [-0.4, -0.2) is 86.0 Å². The van der Waals surface area contributed by atoms with Gasteiger partial charge in [-0.3, -0.25) is 9.59 Å². The monoisotopic (exact) mass is 666 g/mol. The van der Waals surface area contributed by atoms with Gasteiger partial charge in [-0.2, -0.15) is 0 Å². The number of alkyl halides is 4. The van der Waals surface area contributed by atoms with Crippen LogP contribution in [0.5, 0.6) is 0 Å². The molecule has 18 heteroatoms. The number of carbonyl (C=O) groups is 2. The number of nitrogens with zero attached hydrogens (tertiary/aromatic N) is 3. The highest BCUT2D eigenvalue weighted by molar-refractivity contribution is 7.99. The largest absolute Gasteiger partial charge is 0.394 e. The summed E-state index contributed by atoms with van der Waals surface area (Å²) in [5.74, 6) is -2.34. The zero-order chi connectivity index (χ0) is 31.9. The van der Waals surface area contributed by atoms with E-state index in [2.05, 4.69) is 25.6 Å². The molecule has 1 aliphatic carbocycles. The third kappa shape index (κ3) is 8.60. The summed E-state index contributed by atoms with van der Waals surface area (Å²) >= 11 is 0.591. The number of anilines is 2. The van der Waals surface area contributed by atoms with E-state index >= 15 is 0 Å². The molecule has 2 aromatic rings. The van der Waals surface area contributed by atoms with E-state index in [4.69, 9.17) is 0 Å². The van der Waals surface area contributed by atoms with Crippen LogP contribution in [0, 0.1) is 5.92 Å². The van der Waals surface area contributed by atoms with E-state index in [1.54, 1.807) is 4.90 Å². The van der Waals surface area contributed by atoms with Gasteiger partial charge in [0.1, 0.15) is 10.9 Å². The number of carbonyl (C=O) groups excluding carboxylic acids is 2. The van der Waals surface area contributed by atoms with Gasteiger partial charge in [0, 0.05) is 12.2 Å². The molecule has 244 valence electrons. The maximum absolute atomic E-state index is 13.7. The molecule has 4 rings (SSSR count). The number of nitrogens with one attached hydrogen (secondary N) is 3. The van der Waals surface area contributed by atoms with Crippen molar-refractivity contribution in [3.05, 3.63) is 23.9 Å². The molecule has 1 aromatic carbocycles. The first-order valence-corrected chi connectivity index (χ1v) is 16.6. The van der Waals surface area contributed by atoms with Crippen LogP contribution in [0.2, 0.25) is 0 Å². The number of hydrogen-bond acceptors (Lipinski definition) is 10.